The lowest BCUT2D eigenvalue weighted by molar-refractivity contribution is -0.136. The van der Waals surface area contributed by atoms with Crippen molar-refractivity contribution in [2.45, 2.75) is 13.8 Å². The van der Waals surface area contributed by atoms with E-state index in [1.807, 2.05) is 32.0 Å². The zero-order chi connectivity index (χ0) is 16.9. The number of carbonyl (C=O) groups is 1. The maximum absolute atomic E-state index is 12.0. The van der Waals surface area contributed by atoms with Crippen molar-refractivity contribution in [2.24, 2.45) is 0 Å². The predicted molar refractivity (Wildman–Crippen MR) is 86.2 cm³/mol. The molecule has 7 nitrogen and oxygen atoms in total. The van der Waals surface area contributed by atoms with E-state index in [-0.39, 0.29) is 6.61 Å². The number of hydrogen-bond donors (Lipinski definition) is 0. The quantitative estimate of drug-likeness (QED) is 0.529. The van der Waals surface area contributed by atoms with Crippen molar-refractivity contribution in [3.63, 3.8) is 0 Å². The van der Waals surface area contributed by atoms with Gasteiger partial charge >= 0.3 is 5.97 Å². The van der Waals surface area contributed by atoms with Gasteiger partial charge in [-0.25, -0.2) is 9.48 Å². The molecule has 0 N–H and O–H groups in total. The molecule has 7 heteroatoms. The number of aromatic nitrogens is 4. The topological polar surface area (TPSA) is 79.1 Å². The first-order chi connectivity index (χ1) is 11.6. The highest BCUT2D eigenvalue weighted by Gasteiger charge is 2.09. The third-order valence-corrected chi connectivity index (χ3v) is 3.35. The van der Waals surface area contributed by atoms with Gasteiger partial charge in [0.05, 0.1) is 5.69 Å². The minimum atomic E-state index is -0.482. The van der Waals surface area contributed by atoms with Crippen LogP contribution in [0.3, 0.4) is 0 Å². The van der Waals surface area contributed by atoms with Crippen LogP contribution >= 0.6 is 0 Å². The lowest BCUT2D eigenvalue weighted by Gasteiger charge is -2.10. The summed E-state index contributed by atoms with van der Waals surface area (Å²) >= 11 is 0. The maximum atomic E-state index is 12.0. The van der Waals surface area contributed by atoms with Crippen molar-refractivity contribution >= 4 is 5.97 Å². The smallest absolute Gasteiger partial charge is 0.349 e. The highest BCUT2D eigenvalue weighted by Crippen LogP contribution is 2.20. The Morgan fingerprint density at radius 2 is 2.04 bits per heavy atom. The van der Waals surface area contributed by atoms with Crippen LogP contribution in [0.2, 0.25) is 0 Å². The second-order valence-corrected chi connectivity index (χ2v) is 5.28. The van der Waals surface area contributed by atoms with E-state index < -0.39 is 5.97 Å². The first-order valence-electron chi connectivity index (χ1n) is 7.36. The van der Waals surface area contributed by atoms with Gasteiger partial charge in [-0.3, -0.25) is 0 Å². The largest absolute Gasteiger partial charge is 0.482 e. The van der Waals surface area contributed by atoms with E-state index in [2.05, 4.69) is 15.5 Å². The van der Waals surface area contributed by atoms with Crippen LogP contribution in [0, 0.1) is 13.8 Å². The minimum Gasteiger partial charge on any atom is -0.482 e. The molecule has 0 aliphatic carbocycles. The Morgan fingerprint density at radius 3 is 2.83 bits per heavy atom. The van der Waals surface area contributed by atoms with Crippen molar-refractivity contribution in [1.82, 2.24) is 20.2 Å². The van der Waals surface area contributed by atoms with Gasteiger partial charge in [0.25, 0.3) is 0 Å². The van der Waals surface area contributed by atoms with E-state index >= 15 is 0 Å². The molecule has 0 amide bonds. The fourth-order valence-electron chi connectivity index (χ4n) is 2.13. The number of hydrogen-bond acceptors (Lipinski definition) is 6. The summed E-state index contributed by atoms with van der Waals surface area (Å²) in [4.78, 5) is 12.0. The number of rotatable bonds is 5. The summed E-state index contributed by atoms with van der Waals surface area (Å²) in [6, 6.07) is 12.7. The number of ether oxygens (including phenoxy) is 2. The van der Waals surface area contributed by atoms with Crippen LogP contribution < -0.4 is 9.47 Å². The summed E-state index contributed by atoms with van der Waals surface area (Å²) in [5.74, 6) is 0.594. The highest BCUT2D eigenvalue weighted by atomic mass is 16.6. The molecule has 1 heterocycles. The Bertz CT molecular complexity index is 847. The summed E-state index contributed by atoms with van der Waals surface area (Å²) in [6.07, 6.45) is 1.46. The molecule has 0 saturated heterocycles. The van der Waals surface area contributed by atoms with E-state index in [1.165, 1.54) is 11.0 Å². The third-order valence-electron chi connectivity index (χ3n) is 3.35. The molecule has 1 aromatic heterocycles. The summed E-state index contributed by atoms with van der Waals surface area (Å²) in [7, 11) is 0. The second-order valence-electron chi connectivity index (χ2n) is 5.28. The number of benzene rings is 2. The number of aryl methyl sites for hydroxylation is 2. The van der Waals surface area contributed by atoms with Gasteiger partial charge in [-0.1, -0.05) is 18.2 Å². The molecule has 0 spiro atoms. The van der Waals surface area contributed by atoms with Gasteiger partial charge in [0.2, 0.25) is 0 Å². The molecule has 0 radical (unpaired) electrons. The molecule has 0 aliphatic rings. The zero-order valence-electron chi connectivity index (χ0n) is 13.3. The van der Waals surface area contributed by atoms with Gasteiger partial charge in [-0.15, -0.1) is 5.10 Å². The van der Waals surface area contributed by atoms with E-state index in [1.54, 1.807) is 24.3 Å². The molecule has 0 fully saturated rings. The molecule has 0 bridgehead atoms. The van der Waals surface area contributed by atoms with Gasteiger partial charge in [0.1, 0.15) is 17.8 Å². The number of esters is 1. The van der Waals surface area contributed by atoms with E-state index in [0.29, 0.717) is 17.2 Å². The Labute approximate surface area is 138 Å². The van der Waals surface area contributed by atoms with Crippen LogP contribution in [0.15, 0.2) is 48.8 Å². The number of carbonyl (C=O) groups excluding carboxylic acids is 1. The summed E-state index contributed by atoms with van der Waals surface area (Å²) in [5.41, 5.74) is 2.73. The molecule has 0 atom stereocenters. The van der Waals surface area contributed by atoms with E-state index in [9.17, 15) is 4.79 Å². The molecule has 0 aliphatic heterocycles. The third kappa shape index (κ3) is 3.75. The van der Waals surface area contributed by atoms with Crippen LogP contribution in [0.25, 0.3) is 5.69 Å². The Balaban J connectivity index is 1.63. The van der Waals surface area contributed by atoms with Gasteiger partial charge in [-0.05, 0) is 53.6 Å². The van der Waals surface area contributed by atoms with E-state index in [0.717, 1.165) is 11.1 Å². The molecule has 3 aromatic rings. The van der Waals surface area contributed by atoms with Crippen molar-refractivity contribution in [2.75, 3.05) is 6.61 Å². The highest BCUT2D eigenvalue weighted by molar-refractivity contribution is 5.74. The van der Waals surface area contributed by atoms with Crippen molar-refractivity contribution < 1.29 is 14.3 Å². The Morgan fingerprint density at radius 1 is 1.17 bits per heavy atom. The monoisotopic (exact) mass is 324 g/mol. The Kier molecular flexibility index (Phi) is 4.51. The Hall–Kier alpha value is -3.22. The molecule has 3 rings (SSSR count). The number of nitrogens with zero attached hydrogens (tertiary/aromatic N) is 4. The van der Waals surface area contributed by atoms with Crippen molar-refractivity contribution in [1.29, 1.82) is 0 Å². The van der Waals surface area contributed by atoms with Crippen molar-refractivity contribution in [3.8, 4) is 17.2 Å². The normalized spacial score (nSPS) is 10.4. The SMILES string of the molecule is Cc1ccc(C)c(OCC(=O)Oc2cccc(-n3cnnn3)c2)c1. The van der Waals surface area contributed by atoms with Crippen LogP contribution in [0.5, 0.6) is 11.5 Å². The molecule has 122 valence electrons. The fourth-order valence-corrected chi connectivity index (χ4v) is 2.13. The minimum absolute atomic E-state index is 0.167. The van der Waals surface area contributed by atoms with Crippen LogP contribution in [-0.4, -0.2) is 32.8 Å². The lowest BCUT2D eigenvalue weighted by atomic mass is 10.1. The number of tetrazole rings is 1. The first kappa shape index (κ1) is 15.7. The van der Waals surface area contributed by atoms with Crippen LogP contribution in [0.1, 0.15) is 11.1 Å². The van der Waals surface area contributed by atoms with Crippen LogP contribution in [0.4, 0.5) is 0 Å². The standard InChI is InChI=1S/C17H16N4O3/c1-12-6-7-13(2)16(8-12)23-10-17(22)24-15-5-3-4-14(9-15)21-11-18-19-20-21/h3-9,11H,10H2,1-2H3. The van der Waals surface area contributed by atoms with Gasteiger partial charge < -0.3 is 9.47 Å². The van der Waals surface area contributed by atoms with Crippen LogP contribution in [-0.2, 0) is 4.79 Å². The lowest BCUT2D eigenvalue weighted by Crippen LogP contribution is -2.18. The molecular weight excluding hydrogens is 308 g/mol. The molecule has 0 saturated carbocycles. The molecule has 24 heavy (non-hydrogen) atoms. The average Bonchev–Trinajstić information content (AvgIpc) is 3.10. The predicted octanol–water partition coefficient (Wildman–Crippen LogP) is 2.26. The fraction of sp³-hybridized carbons (Fsp3) is 0.176. The van der Waals surface area contributed by atoms with Gasteiger partial charge in [0, 0.05) is 6.07 Å². The molecular formula is C17H16N4O3. The van der Waals surface area contributed by atoms with E-state index in [4.69, 9.17) is 9.47 Å². The van der Waals surface area contributed by atoms with Gasteiger partial charge in [-0.2, -0.15) is 0 Å². The zero-order valence-corrected chi connectivity index (χ0v) is 13.3. The van der Waals surface area contributed by atoms with Crippen molar-refractivity contribution in [3.05, 3.63) is 59.9 Å². The maximum Gasteiger partial charge on any atom is 0.349 e. The second kappa shape index (κ2) is 6.91. The summed E-state index contributed by atoms with van der Waals surface area (Å²) in [5, 5.41) is 10.9. The summed E-state index contributed by atoms with van der Waals surface area (Å²) < 4.78 is 12.3. The van der Waals surface area contributed by atoms with Gasteiger partial charge in [0.15, 0.2) is 6.61 Å². The molecule has 2 aromatic carbocycles. The average molecular weight is 324 g/mol. The summed E-state index contributed by atoms with van der Waals surface area (Å²) in [6.45, 7) is 3.73. The first-order valence-corrected chi connectivity index (χ1v) is 7.36. The molecule has 0 unspecified atom stereocenters.